The number of ketones is 1. The van der Waals surface area contributed by atoms with Gasteiger partial charge in [-0.1, -0.05) is 31.5 Å². The van der Waals surface area contributed by atoms with E-state index in [1.54, 1.807) is 24.3 Å². The zero-order valence-electron chi connectivity index (χ0n) is 15.3. The van der Waals surface area contributed by atoms with Gasteiger partial charge in [-0.05, 0) is 29.8 Å². The van der Waals surface area contributed by atoms with Gasteiger partial charge in [0, 0.05) is 22.1 Å². The molecular weight excluding hydrogens is 385 g/mol. The van der Waals surface area contributed by atoms with Crippen LogP contribution in [-0.2, 0) is 5.41 Å². The molecule has 7 heteroatoms. The predicted octanol–water partition coefficient (Wildman–Crippen LogP) is 3.56. The molecule has 28 heavy (non-hydrogen) atoms. The first-order valence-electron chi connectivity index (χ1n) is 8.86. The summed E-state index contributed by atoms with van der Waals surface area (Å²) in [5.74, 6) is -0.302. The second-order valence-electron chi connectivity index (χ2n) is 7.47. The van der Waals surface area contributed by atoms with Crippen molar-refractivity contribution in [1.29, 1.82) is 0 Å². The first kappa shape index (κ1) is 18.9. The van der Waals surface area contributed by atoms with Gasteiger partial charge in [0.25, 0.3) is 0 Å². The maximum absolute atomic E-state index is 14.5. The Bertz CT molecular complexity index is 1110. The first-order valence-corrected chi connectivity index (χ1v) is 9.24. The lowest BCUT2D eigenvalue weighted by Crippen LogP contribution is -2.30. The van der Waals surface area contributed by atoms with E-state index in [4.69, 9.17) is 21.4 Å². The summed E-state index contributed by atoms with van der Waals surface area (Å²) in [6.07, 6.45) is -0.987. The van der Waals surface area contributed by atoms with Crippen molar-refractivity contribution in [3.8, 4) is 5.75 Å². The van der Waals surface area contributed by atoms with Crippen LogP contribution in [0.3, 0.4) is 0 Å². The molecule has 0 bridgehead atoms. The number of ether oxygens (including phenoxy) is 1. The third-order valence-electron chi connectivity index (χ3n) is 5.28. The predicted molar refractivity (Wildman–Crippen MR) is 104 cm³/mol. The summed E-state index contributed by atoms with van der Waals surface area (Å²) in [7, 11) is 0. The third kappa shape index (κ3) is 2.71. The summed E-state index contributed by atoms with van der Waals surface area (Å²) < 4.78 is 20.1. The van der Waals surface area contributed by atoms with Gasteiger partial charge in [-0.2, -0.15) is 0 Å². The SMILES string of the molecule is CC1(C)c2cc(OC[C@@H](O)CO)ccc2C(=O)c2c1[nH]c1c(F)c(Cl)ccc21. The molecule has 0 unspecified atom stereocenters. The minimum Gasteiger partial charge on any atom is -0.491 e. The maximum Gasteiger partial charge on any atom is 0.195 e. The Balaban J connectivity index is 1.86. The van der Waals surface area contributed by atoms with Crippen LogP contribution in [0.1, 0.15) is 41.0 Å². The van der Waals surface area contributed by atoms with E-state index in [1.165, 1.54) is 6.07 Å². The fourth-order valence-corrected chi connectivity index (χ4v) is 3.91. The normalized spacial score (nSPS) is 16.0. The molecule has 5 nitrogen and oxygen atoms in total. The fourth-order valence-electron chi connectivity index (χ4n) is 3.75. The van der Waals surface area contributed by atoms with E-state index in [1.807, 2.05) is 13.8 Å². The number of hydrogen-bond acceptors (Lipinski definition) is 4. The molecule has 146 valence electrons. The van der Waals surface area contributed by atoms with Crippen LogP contribution in [0.2, 0.25) is 5.02 Å². The summed E-state index contributed by atoms with van der Waals surface area (Å²) >= 11 is 5.91. The molecule has 0 saturated heterocycles. The van der Waals surface area contributed by atoms with Gasteiger partial charge in [0.1, 0.15) is 18.5 Å². The maximum atomic E-state index is 14.5. The molecule has 1 aliphatic rings. The van der Waals surface area contributed by atoms with Crippen LogP contribution in [0.4, 0.5) is 4.39 Å². The van der Waals surface area contributed by atoms with Crippen molar-refractivity contribution in [2.45, 2.75) is 25.4 Å². The van der Waals surface area contributed by atoms with Crippen molar-refractivity contribution in [2.24, 2.45) is 0 Å². The lowest BCUT2D eigenvalue weighted by atomic mass is 9.71. The zero-order chi connectivity index (χ0) is 20.2. The van der Waals surface area contributed by atoms with Gasteiger partial charge in [-0.15, -0.1) is 0 Å². The molecule has 0 saturated carbocycles. The van der Waals surface area contributed by atoms with E-state index in [-0.39, 0.29) is 22.9 Å². The van der Waals surface area contributed by atoms with E-state index >= 15 is 0 Å². The Kier molecular flexibility index (Phi) is 4.45. The quantitative estimate of drug-likeness (QED) is 0.622. The van der Waals surface area contributed by atoms with Crippen LogP contribution in [0.25, 0.3) is 10.9 Å². The second kappa shape index (κ2) is 6.58. The molecule has 4 rings (SSSR count). The molecule has 0 amide bonds. The average Bonchev–Trinajstić information content (AvgIpc) is 3.09. The van der Waals surface area contributed by atoms with Crippen LogP contribution >= 0.6 is 11.6 Å². The molecule has 0 fully saturated rings. The van der Waals surface area contributed by atoms with E-state index in [9.17, 15) is 14.3 Å². The van der Waals surface area contributed by atoms with Crippen LogP contribution in [0, 0.1) is 5.82 Å². The van der Waals surface area contributed by atoms with Crippen molar-refractivity contribution in [3.05, 3.63) is 63.6 Å². The zero-order valence-corrected chi connectivity index (χ0v) is 16.1. The molecule has 3 aromatic rings. The van der Waals surface area contributed by atoms with Crippen LogP contribution in [0.15, 0.2) is 30.3 Å². The standard InChI is InChI=1S/C21H19ClFNO4/c1-21(2)14-7-11(28-9-10(26)8-25)3-4-12(14)19(27)16-13-5-6-15(22)17(23)18(13)24-20(16)21/h3-7,10,24-26H,8-9H2,1-2H3/t10-/m0/s1. The minimum atomic E-state index is -0.987. The van der Waals surface area contributed by atoms with Gasteiger partial charge in [0.2, 0.25) is 0 Å². The summed E-state index contributed by atoms with van der Waals surface area (Å²) in [4.78, 5) is 16.3. The molecule has 1 aromatic heterocycles. The molecule has 2 aromatic carbocycles. The number of aliphatic hydroxyl groups is 2. The monoisotopic (exact) mass is 403 g/mol. The highest BCUT2D eigenvalue weighted by Crippen LogP contribution is 2.45. The topological polar surface area (TPSA) is 82.5 Å². The Labute approximate surface area is 165 Å². The fraction of sp³-hybridized carbons (Fsp3) is 0.286. The van der Waals surface area contributed by atoms with E-state index in [0.29, 0.717) is 28.0 Å². The number of hydrogen-bond donors (Lipinski definition) is 3. The molecular formula is C21H19ClFNO4. The number of halogens is 2. The van der Waals surface area contributed by atoms with Gasteiger partial charge in [-0.25, -0.2) is 4.39 Å². The minimum absolute atomic E-state index is 0.00741. The molecule has 0 spiro atoms. The van der Waals surface area contributed by atoms with Gasteiger partial charge < -0.3 is 19.9 Å². The smallest absolute Gasteiger partial charge is 0.195 e. The number of H-pyrrole nitrogens is 1. The first-order chi connectivity index (χ1) is 13.3. The summed E-state index contributed by atoms with van der Waals surface area (Å²) in [5, 5.41) is 18.9. The van der Waals surface area contributed by atoms with Crippen molar-refractivity contribution >= 4 is 28.3 Å². The van der Waals surface area contributed by atoms with Crippen LogP contribution in [-0.4, -0.2) is 40.3 Å². The van der Waals surface area contributed by atoms with Crippen molar-refractivity contribution in [3.63, 3.8) is 0 Å². The Morgan fingerprint density at radius 1 is 1.29 bits per heavy atom. The van der Waals surface area contributed by atoms with Crippen LogP contribution in [0.5, 0.6) is 5.75 Å². The highest BCUT2D eigenvalue weighted by atomic mass is 35.5. The Hall–Kier alpha value is -2.41. The van der Waals surface area contributed by atoms with Gasteiger partial charge >= 0.3 is 0 Å². The van der Waals surface area contributed by atoms with E-state index in [0.717, 1.165) is 5.56 Å². The molecule has 1 atom stereocenters. The molecule has 1 aliphatic carbocycles. The summed E-state index contributed by atoms with van der Waals surface area (Å²) in [5.41, 5.74) is 1.92. The number of carbonyl (C=O) groups is 1. The molecule has 1 heterocycles. The highest BCUT2D eigenvalue weighted by Gasteiger charge is 2.40. The van der Waals surface area contributed by atoms with Gasteiger partial charge in [0.15, 0.2) is 11.6 Å². The number of fused-ring (bicyclic) bond motifs is 4. The molecule has 0 aliphatic heterocycles. The molecule has 3 N–H and O–H groups in total. The van der Waals surface area contributed by atoms with Crippen LogP contribution < -0.4 is 4.74 Å². The molecule has 0 radical (unpaired) electrons. The number of nitrogens with one attached hydrogen (secondary N) is 1. The number of aliphatic hydroxyl groups excluding tert-OH is 2. The summed E-state index contributed by atoms with van der Waals surface area (Å²) in [6, 6.07) is 8.17. The highest BCUT2D eigenvalue weighted by molar-refractivity contribution is 6.32. The van der Waals surface area contributed by atoms with Gasteiger partial charge in [-0.3, -0.25) is 4.79 Å². The van der Waals surface area contributed by atoms with Crippen molar-refractivity contribution < 1.29 is 24.1 Å². The largest absolute Gasteiger partial charge is 0.491 e. The third-order valence-corrected chi connectivity index (χ3v) is 5.57. The summed E-state index contributed by atoms with van der Waals surface area (Å²) in [6.45, 7) is 3.42. The number of carbonyl (C=O) groups excluding carboxylic acids is 1. The number of benzene rings is 2. The second-order valence-corrected chi connectivity index (χ2v) is 7.88. The average molecular weight is 404 g/mol. The number of rotatable bonds is 4. The van der Waals surface area contributed by atoms with Crippen molar-refractivity contribution in [2.75, 3.05) is 13.2 Å². The lowest BCUT2D eigenvalue weighted by Gasteiger charge is -2.32. The Morgan fingerprint density at radius 2 is 2.04 bits per heavy atom. The van der Waals surface area contributed by atoms with Crippen molar-refractivity contribution in [1.82, 2.24) is 4.98 Å². The number of aromatic amines is 1. The van der Waals surface area contributed by atoms with Gasteiger partial charge in [0.05, 0.1) is 22.7 Å². The Morgan fingerprint density at radius 3 is 2.75 bits per heavy atom. The lowest BCUT2D eigenvalue weighted by molar-refractivity contribution is 0.0535. The van der Waals surface area contributed by atoms with E-state index in [2.05, 4.69) is 4.98 Å². The number of aromatic nitrogens is 1. The van der Waals surface area contributed by atoms with E-state index < -0.39 is 23.9 Å².